The molecule has 2 nitrogen and oxygen atoms in total. The summed E-state index contributed by atoms with van der Waals surface area (Å²) in [6.45, 7) is 12.6. The Morgan fingerprint density at radius 2 is 2.13 bits per heavy atom. The highest BCUT2D eigenvalue weighted by Gasteiger charge is 2.44. The van der Waals surface area contributed by atoms with Gasteiger partial charge in [0.05, 0.1) is 12.1 Å². The van der Waals surface area contributed by atoms with Crippen LogP contribution in [0.4, 0.5) is 0 Å². The molecule has 2 heteroatoms. The molecule has 0 bridgehead atoms. The zero-order valence-corrected chi connectivity index (χ0v) is 10.7. The molecule has 1 fully saturated rings. The first kappa shape index (κ1) is 12.7. The highest BCUT2D eigenvalue weighted by atomic mass is 16.5. The minimum absolute atomic E-state index is 0.295. The molecule has 0 N–H and O–H groups in total. The van der Waals surface area contributed by atoms with Crippen LogP contribution in [0.1, 0.15) is 40.5 Å². The lowest BCUT2D eigenvalue weighted by molar-refractivity contribution is 0.117. The highest BCUT2D eigenvalue weighted by Crippen LogP contribution is 2.38. The van der Waals surface area contributed by atoms with Crippen molar-refractivity contribution in [3.8, 4) is 0 Å². The van der Waals surface area contributed by atoms with E-state index in [1.807, 2.05) is 13.8 Å². The third-order valence-corrected chi connectivity index (χ3v) is 3.52. The fraction of sp³-hybridized carbons (Fsp3) is 0.846. The van der Waals surface area contributed by atoms with Crippen molar-refractivity contribution in [1.82, 2.24) is 4.90 Å². The summed E-state index contributed by atoms with van der Waals surface area (Å²) in [6.07, 6.45) is 4.78. The standard InChI is InChI=1S/C11H19NO.C2H6/c1-3-10-5-7-12(4-2)11(10)6-8-13-9-11;1-2/h5H,3-4,6-9H2,1-2H3;1-2H3. The van der Waals surface area contributed by atoms with E-state index in [0.717, 1.165) is 26.3 Å². The summed E-state index contributed by atoms with van der Waals surface area (Å²) < 4.78 is 5.56. The lowest BCUT2D eigenvalue weighted by Gasteiger charge is -2.35. The first-order valence-corrected chi connectivity index (χ1v) is 6.36. The summed E-state index contributed by atoms with van der Waals surface area (Å²) in [5.74, 6) is 0. The van der Waals surface area contributed by atoms with E-state index in [9.17, 15) is 0 Å². The van der Waals surface area contributed by atoms with E-state index in [4.69, 9.17) is 4.74 Å². The third kappa shape index (κ3) is 2.11. The van der Waals surface area contributed by atoms with E-state index in [-0.39, 0.29) is 0 Å². The first-order chi connectivity index (χ1) is 7.33. The molecule has 1 atom stereocenters. The summed E-state index contributed by atoms with van der Waals surface area (Å²) in [6, 6.07) is 0. The zero-order chi connectivity index (χ0) is 11.3. The number of nitrogens with zero attached hydrogens (tertiary/aromatic N) is 1. The van der Waals surface area contributed by atoms with Crippen molar-refractivity contribution in [2.75, 3.05) is 26.3 Å². The maximum Gasteiger partial charge on any atom is 0.0690 e. The second kappa shape index (κ2) is 5.66. The second-order valence-corrected chi connectivity index (χ2v) is 3.96. The van der Waals surface area contributed by atoms with Gasteiger partial charge in [-0.15, -0.1) is 0 Å². The van der Waals surface area contributed by atoms with Crippen LogP contribution in [0.2, 0.25) is 0 Å². The number of likely N-dealkylation sites (N-methyl/N-ethyl adjacent to an activating group) is 1. The van der Waals surface area contributed by atoms with Crippen molar-refractivity contribution in [1.29, 1.82) is 0 Å². The van der Waals surface area contributed by atoms with Crippen LogP contribution in [0.3, 0.4) is 0 Å². The Morgan fingerprint density at radius 3 is 2.60 bits per heavy atom. The van der Waals surface area contributed by atoms with Crippen LogP contribution in [0.25, 0.3) is 0 Å². The highest BCUT2D eigenvalue weighted by molar-refractivity contribution is 5.28. The van der Waals surface area contributed by atoms with Crippen molar-refractivity contribution in [3.05, 3.63) is 11.6 Å². The SMILES string of the molecule is CC.CCC1=CCN(CC)C12CCOC2. The molecular formula is C13H25NO. The van der Waals surface area contributed by atoms with Gasteiger partial charge in [-0.25, -0.2) is 0 Å². The molecule has 0 aromatic heterocycles. The van der Waals surface area contributed by atoms with E-state index in [1.165, 1.54) is 12.8 Å². The van der Waals surface area contributed by atoms with E-state index >= 15 is 0 Å². The molecule has 1 saturated heterocycles. The molecule has 1 unspecified atom stereocenters. The van der Waals surface area contributed by atoms with Gasteiger partial charge in [-0.1, -0.05) is 39.3 Å². The second-order valence-electron chi connectivity index (χ2n) is 3.96. The van der Waals surface area contributed by atoms with Crippen molar-refractivity contribution >= 4 is 0 Å². The van der Waals surface area contributed by atoms with Gasteiger partial charge in [-0.3, -0.25) is 4.90 Å². The molecule has 0 aromatic carbocycles. The molecule has 0 aliphatic carbocycles. The smallest absolute Gasteiger partial charge is 0.0690 e. The molecule has 0 aromatic rings. The maximum atomic E-state index is 5.56. The minimum Gasteiger partial charge on any atom is -0.379 e. The average Bonchev–Trinajstić information content (AvgIpc) is 2.90. The molecule has 2 rings (SSSR count). The van der Waals surface area contributed by atoms with Crippen LogP contribution < -0.4 is 0 Å². The van der Waals surface area contributed by atoms with Crippen molar-refractivity contribution in [3.63, 3.8) is 0 Å². The van der Waals surface area contributed by atoms with Gasteiger partial charge in [-0.2, -0.15) is 0 Å². The molecule has 1 spiro atoms. The predicted octanol–water partition coefficient (Wildman–Crippen LogP) is 2.84. The van der Waals surface area contributed by atoms with E-state index < -0.39 is 0 Å². The van der Waals surface area contributed by atoms with Crippen LogP contribution in [-0.2, 0) is 4.74 Å². The van der Waals surface area contributed by atoms with E-state index in [2.05, 4.69) is 24.8 Å². The van der Waals surface area contributed by atoms with Gasteiger partial charge in [-0.05, 0) is 19.4 Å². The number of hydrogen-bond acceptors (Lipinski definition) is 2. The van der Waals surface area contributed by atoms with Crippen LogP contribution in [0, 0.1) is 0 Å². The molecule has 2 heterocycles. The number of rotatable bonds is 2. The van der Waals surface area contributed by atoms with Gasteiger partial charge >= 0.3 is 0 Å². The molecule has 0 amide bonds. The Bertz CT molecular complexity index is 217. The Balaban J connectivity index is 0.000000531. The van der Waals surface area contributed by atoms with Crippen LogP contribution in [0.15, 0.2) is 11.6 Å². The molecule has 0 saturated carbocycles. The largest absolute Gasteiger partial charge is 0.379 e. The molecule has 15 heavy (non-hydrogen) atoms. The van der Waals surface area contributed by atoms with Crippen LogP contribution in [-0.4, -0.2) is 36.7 Å². The summed E-state index contributed by atoms with van der Waals surface area (Å²) in [5.41, 5.74) is 1.90. The molecule has 0 radical (unpaired) electrons. The van der Waals surface area contributed by atoms with Crippen LogP contribution >= 0.6 is 0 Å². The topological polar surface area (TPSA) is 12.5 Å². The molecule has 88 valence electrons. The van der Waals surface area contributed by atoms with Crippen molar-refractivity contribution < 1.29 is 4.74 Å². The quantitative estimate of drug-likeness (QED) is 0.651. The summed E-state index contributed by atoms with van der Waals surface area (Å²) >= 11 is 0. The monoisotopic (exact) mass is 211 g/mol. The van der Waals surface area contributed by atoms with Gasteiger partial charge in [0.1, 0.15) is 0 Å². The van der Waals surface area contributed by atoms with Gasteiger partial charge in [0.2, 0.25) is 0 Å². The average molecular weight is 211 g/mol. The van der Waals surface area contributed by atoms with E-state index in [0.29, 0.717) is 5.54 Å². The Morgan fingerprint density at radius 1 is 1.40 bits per heavy atom. The lowest BCUT2D eigenvalue weighted by Crippen LogP contribution is -2.46. The fourth-order valence-electron chi connectivity index (χ4n) is 2.75. The fourth-order valence-corrected chi connectivity index (χ4v) is 2.75. The van der Waals surface area contributed by atoms with Crippen molar-refractivity contribution in [2.45, 2.75) is 46.1 Å². The van der Waals surface area contributed by atoms with Gasteiger partial charge in [0, 0.05) is 13.2 Å². The molecular weight excluding hydrogens is 186 g/mol. The Hall–Kier alpha value is -0.340. The van der Waals surface area contributed by atoms with E-state index in [1.54, 1.807) is 5.57 Å². The Labute approximate surface area is 94.3 Å². The van der Waals surface area contributed by atoms with Crippen LogP contribution in [0.5, 0.6) is 0 Å². The normalized spacial score (nSPS) is 30.3. The maximum absolute atomic E-state index is 5.56. The lowest BCUT2D eigenvalue weighted by atomic mass is 9.88. The number of hydrogen-bond donors (Lipinski definition) is 0. The molecule has 2 aliphatic rings. The minimum atomic E-state index is 0.295. The third-order valence-electron chi connectivity index (χ3n) is 3.52. The zero-order valence-electron chi connectivity index (χ0n) is 10.7. The summed E-state index contributed by atoms with van der Waals surface area (Å²) in [5, 5.41) is 0. The Kier molecular flexibility index (Phi) is 4.81. The summed E-state index contributed by atoms with van der Waals surface area (Å²) in [7, 11) is 0. The first-order valence-electron chi connectivity index (χ1n) is 6.36. The van der Waals surface area contributed by atoms with Gasteiger partial charge in [0.25, 0.3) is 0 Å². The van der Waals surface area contributed by atoms with Gasteiger partial charge in [0.15, 0.2) is 0 Å². The van der Waals surface area contributed by atoms with Gasteiger partial charge < -0.3 is 4.74 Å². The predicted molar refractivity (Wildman–Crippen MR) is 65.1 cm³/mol. The molecule has 2 aliphatic heterocycles. The van der Waals surface area contributed by atoms with Crippen molar-refractivity contribution in [2.24, 2.45) is 0 Å². The summed E-state index contributed by atoms with van der Waals surface area (Å²) in [4.78, 5) is 2.55. The number of ether oxygens (including phenoxy) is 1.